The first-order chi connectivity index (χ1) is 10.3. The molecule has 0 aliphatic carbocycles. The SMILES string of the molecule is CCOc1cccc(CN2CC(N3CCNCC3)C2)c1O. The number of rotatable bonds is 5. The van der Waals surface area contributed by atoms with E-state index in [1.807, 2.05) is 25.1 Å². The number of para-hydroxylation sites is 1. The fourth-order valence-corrected chi connectivity index (χ4v) is 3.16. The van der Waals surface area contributed by atoms with Gasteiger partial charge in [-0.2, -0.15) is 0 Å². The van der Waals surface area contributed by atoms with Crippen LogP contribution < -0.4 is 10.1 Å². The number of ether oxygens (including phenoxy) is 1. The van der Waals surface area contributed by atoms with Crippen LogP contribution in [0.2, 0.25) is 0 Å². The Bertz CT molecular complexity index is 469. The number of nitrogens with one attached hydrogen (secondary N) is 1. The average Bonchev–Trinajstić information content (AvgIpc) is 2.47. The number of phenolic OH excluding ortho intramolecular Hbond substituents is 1. The molecule has 5 heteroatoms. The molecule has 0 unspecified atom stereocenters. The summed E-state index contributed by atoms with van der Waals surface area (Å²) in [6.07, 6.45) is 0. The molecule has 5 nitrogen and oxygen atoms in total. The molecule has 2 aliphatic rings. The Hall–Kier alpha value is -1.30. The number of likely N-dealkylation sites (tertiary alicyclic amines) is 1. The minimum atomic E-state index is 0.296. The molecule has 116 valence electrons. The van der Waals surface area contributed by atoms with Gasteiger partial charge in [0.1, 0.15) is 0 Å². The number of phenols is 1. The number of piperazine rings is 1. The van der Waals surface area contributed by atoms with E-state index < -0.39 is 0 Å². The third kappa shape index (κ3) is 3.31. The van der Waals surface area contributed by atoms with E-state index in [1.165, 1.54) is 0 Å². The summed E-state index contributed by atoms with van der Waals surface area (Å²) in [5.41, 5.74) is 0.958. The first kappa shape index (κ1) is 14.6. The van der Waals surface area contributed by atoms with Crippen molar-refractivity contribution in [2.24, 2.45) is 0 Å². The van der Waals surface area contributed by atoms with Gasteiger partial charge in [-0.25, -0.2) is 0 Å². The zero-order chi connectivity index (χ0) is 14.7. The standard InChI is InChI=1S/C16H25N3O2/c1-2-21-15-5-3-4-13(16(15)20)10-18-11-14(12-18)19-8-6-17-7-9-19/h3-5,14,17,20H,2,6-12H2,1H3. The van der Waals surface area contributed by atoms with Gasteiger partial charge in [-0.3, -0.25) is 9.80 Å². The molecule has 0 amide bonds. The van der Waals surface area contributed by atoms with E-state index in [1.54, 1.807) is 0 Å². The topological polar surface area (TPSA) is 48.0 Å². The summed E-state index contributed by atoms with van der Waals surface area (Å²) < 4.78 is 5.44. The van der Waals surface area contributed by atoms with Gasteiger partial charge in [-0.15, -0.1) is 0 Å². The first-order valence-corrected chi connectivity index (χ1v) is 7.88. The molecule has 2 aliphatic heterocycles. The number of hydrogen-bond donors (Lipinski definition) is 2. The van der Waals surface area contributed by atoms with Crippen LogP contribution in [0.5, 0.6) is 11.5 Å². The van der Waals surface area contributed by atoms with Crippen molar-refractivity contribution in [1.82, 2.24) is 15.1 Å². The Labute approximate surface area is 126 Å². The molecule has 3 rings (SSSR count). The van der Waals surface area contributed by atoms with Crippen molar-refractivity contribution < 1.29 is 9.84 Å². The zero-order valence-corrected chi connectivity index (χ0v) is 12.7. The predicted octanol–water partition coefficient (Wildman–Crippen LogP) is 0.880. The second kappa shape index (κ2) is 6.64. The monoisotopic (exact) mass is 291 g/mol. The van der Waals surface area contributed by atoms with E-state index in [-0.39, 0.29) is 0 Å². The Morgan fingerprint density at radius 2 is 2.05 bits per heavy atom. The summed E-state index contributed by atoms with van der Waals surface area (Å²) in [6, 6.07) is 6.44. The van der Waals surface area contributed by atoms with Crippen LogP contribution in [-0.2, 0) is 6.54 Å². The third-order valence-electron chi connectivity index (χ3n) is 4.38. The fraction of sp³-hybridized carbons (Fsp3) is 0.625. The molecule has 2 saturated heterocycles. The molecule has 2 fully saturated rings. The molecular weight excluding hydrogens is 266 g/mol. The normalized spacial score (nSPS) is 21.2. The quantitative estimate of drug-likeness (QED) is 0.843. The van der Waals surface area contributed by atoms with Crippen LogP contribution in [0.4, 0.5) is 0 Å². The van der Waals surface area contributed by atoms with Crippen LogP contribution in [0.1, 0.15) is 12.5 Å². The number of hydrogen-bond acceptors (Lipinski definition) is 5. The number of nitrogens with zero attached hydrogens (tertiary/aromatic N) is 2. The highest BCUT2D eigenvalue weighted by molar-refractivity contribution is 5.45. The summed E-state index contributed by atoms with van der Waals surface area (Å²) in [4.78, 5) is 4.96. The highest BCUT2D eigenvalue weighted by Gasteiger charge is 2.32. The molecule has 2 heterocycles. The molecule has 0 saturated carbocycles. The lowest BCUT2D eigenvalue weighted by atomic mass is 10.0. The van der Waals surface area contributed by atoms with E-state index in [2.05, 4.69) is 15.1 Å². The minimum Gasteiger partial charge on any atom is -0.504 e. The summed E-state index contributed by atoms with van der Waals surface area (Å²) in [7, 11) is 0. The summed E-state index contributed by atoms with van der Waals surface area (Å²) >= 11 is 0. The van der Waals surface area contributed by atoms with Gasteiger partial charge >= 0.3 is 0 Å². The Morgan fingerprint density at radius 1 is 1.29 bits per heavy atom. The minimum absolute atomic E-state index is 0.296. The van der Waals surface area contributed by atoms with Crippen LogP contribution in [0.15, 0.2) is 18.2 Å². The molecule has 21 heavy (non-hydrogen) atoms. The van der Waals surface area contributed by atoms with Gasteiger partial charge < -0.3 is 15.2 Å². The molecule has 1 aromatic carbocycles. The largest absolute Gasteiger partial charge is 0.504 e. The maximum atomic E-state index is 10.2. The maximum Gasteiger partial charge on any atom is 0.162 e. The van der Waals surface area contributed by atoms with Gasteiger partial charge in [-0.05, 0) is 13.0 Å². The van der Waals surface area contributed by atoms with Gasteiger partial charge in [0.05, 0.1) is 6.61 Å². The van der Waals surface area contributed by atoms with E-state index in [0.717, 1.165) is 51.4 Å². The molecule has 0 aromatic heterocycles. The van der Waals surface area contributed by atoms with Crippen molar-refractivity contribution in [3.05, 3.63) is 23.8 Å². The highest BCUT2D eigenvalue weighted by atomic mass is 16.5. The Kier molecular flexibility index (Phi) is 4.63. The van der Waals surface area contributed by atoms with E-state index in [9.17, 15) is 5.11 Å². The second-order valence-corrected chi connectivity index (χ2v) is 5.83. The van der Waals surface area contributed by atoms with Crippen molar-refractivity contribution in [1.29, 1.82) is 0 Å². The van der Waals surface area contributed by atoms with Gasteiger partial charge in [0.15, 0.2) is 11.5 Å². The smallest absolute Gasteiger partial charge is 0.162 e. The molecular formula is C16H25N3O2. The van der Waals surface area contributed by atoms with Crippen LogP contribution >= 0.6 is 0 Å². The van der Waals surface area contributed by atoms with Crippen molar-refractivity contribution >= 4 is 0 Å². The van der Waals surface area contributed by atoms with E-state index in [4.69, 9.17) is 4.74 Å². The molecule has 2 N–H and O–H groups in total. The van der Waals surface area contributed by atoms with Gasteiger partial charge in [0.25, 0.3) is 0 Å². The number of benzene rings is 1. The Balaban J connectivity index is 1.53. The zero-order valence-electron chi connectivity index (χ0n) is 12.7. The molecule has 0 radical (unpaired) electrons. The van der Waals surface area contributed by atoms with Gasteiger partial charge in [-0.1, -0.05) is 12.1 Å². The molecule has 0 atom stereocenters. The third-order valence-corrected chi connectivity index (χ3v) is 4.38. The predicted molar refractivity (Wildman–Crippen MR) is 82.8 cm³/mol. The average molecular weight is 291 g/mol. The van der Waals surface area contributed by atoms with E-state index in [0.29, 0.717) is 24.1 Å². The van der Waals surface area contributed by atoms with Crippen LogP contribution in [0, 0.1) is 0 Å². The lowest BCUT2D eigenvalue weighted by molar-refractivity contribution is 0.0218. The molecule has 0 spiro atoms. The highest BCUT2D eigenvalue weighted by Crippen LogP contribution is 2.31. The van der Waals surface area contributed by atoms with Crippen LogP contribution in [-0.4, -0.2) is 66.8 Å². The van der Waals surface area contributed by atoms with Gasteiger partial charge in [0.2, 0.25) is 0 Å². The lowest BCUT2D eigenvalue weighted by Crippen LogP contribution is -2.62. The molecule has 1 aromatic rings. The summed E-state index contributed by atoms with van der Waals surface area (Å²) in [5.74, 6) is 0.888. The number of aromatic hydroxyl groups is 1. The first-order valence-electron chi connectivity index (χ1n) is 7.88. The van der Waals surface area contributed by atoms with Crippen molar-refractivity contribution in [3.8, 4) is 11.5 Å². The lowest BCUT2D eigenvalue weighted by Gasteiger charge is -2.47. The Morgan fingerprint density at radius 3 is 2.76 bits per heavy atom. The van der Waals surface area contributed by atoms with Crippen LogP contribution in [0.3, 0.4) is 0 Å². The second-order valence-electron chi connectivity index (χ2n) is 5.83. The van der Waals surface area contributed by atoms with Crippen molar-refractivity contribution in [3.63, 3.8) is 0 Å². The van der Waals surface area contributed by atoms with Crippen molar-refractivity contribution in [2.45, 2.75) is 19.5 Å². The van der Waals surface area contributed by atoms with Gasteiger partial charge in [0, 0.05) is 57.4 Å². The van der Waals surface area contributed by atoms with Crippen molar-refractivity contribution in [2.75, 3.05) is 45.9 Å². The van der Waals surface area contributed by atoms with Crippen LogP contribution in [0.25, 0.3) is 0 Å². The van der Waals surface area contributed by atoms with E-state index >= 15 is 0 Å². The maximum absolute atomic E-state index is 10.2. The summed E-state index contributed by atoms with van der Waals surface area (Å²) in [6.45, 7) is 10.0. The molecule has 0 bridgehead atoms. The fourth-order valence-electron chi connectivity index (χ4n) is 3.16. The summed E-state index contributed by atoms with van der Waals surface area (Å²) in [5, 5.41) is 13.6.